The van der Waals surface area contributed by atoms with Gasteiger partial charge in [-0.15, -0.1) is 11.6 Å². The third-order valence-corrected chi connectivity index (χ3v) is 2.34. The molecule has 0 radical (unpaired) electrons. The highest BCUT2D eigenvalue weighted by atomic mass is 35.5. The van der Waals surface area contributed by atoms with Crippen molar-refractivity contribution in [2.24, 2.45) is 7.05 Å². The fourth-order valence-electron chi connectivity index (χ4n) is 1.13. The molecule has 3 nitrogen and oxygen atoms in total. The maximum absolute atomic E-state index is 11.5. The molecule has 0 atom stereocenters. The second-order valence-electron chi connectivity index (χ2n) is 4.37. The Morgan fingerprint density at radius 1 is 1.50 bits per heavy atom. The van der Waals surface area contributed by atoms with E-state index in [9.17, 15) is 4.79 Å². The van der Waals surface area contributed by atoms with Gasteiger partial charge in [-0.25, -0.2) is 4.68 Å². The first-order valence-electron chi connectivity index (χ1n) is 4.50. The van der Waals surface area contributed by atoms with E-state index in [0.29, 0.717) is 5.56 Å². The smallest absolute Gasteiger partial charge is 0.267 e. The third-order valence-electron chi connectivity index (χ3n) is 2.05. The number of hydrogen-bond donors (Lipinski definition) is 0. The third kappa shape index (κ3) is 2.15. The standard InChI is InChI=1S/C10H15ClN2O/c1-10(2,3)8-5-7(6-11)9(14)13(4)12-8/h5H,6H2,1-4H3. The Morgan fingerprint density at radius 3 is 2.50 bits per heavy atom. The zero-order valence-electron chi connectivity index (χ0n) is 8.97. The molecule has 1 heterocycles. The van der Waals surface area contributed by atoms with Gasteiger partial charge in [0.05, 0.1) is 11.6 Å². The van der Waals surface area contributed by atoms with Crippen LogP contribution in [0.4, 0.5) is 0 Å². The Bertz CT molecular complexity index is 390. The molecule has 14 heavy (non-hydrogen) atoms. The summed E-state index contributed by atoms with van der Waals surface area (Å²) in [7, 11) is 1.65. The number of aryl methyl sites for hydroxylation is 1. The second-order valence-corrected chi connectivity index (χ2v) is 4.63. The summed E-state index contributed by atoms with van der Waals surface area (Å²) in [5, 5.41) is 4.20. The molecule has 0 saturated heterocycles. The fraction of sp³-hybridized carbons (Fsp3) is 0.600. The van der Waals surface area contributed by atoms with E-state index in [-0.39, 0.29) is 16.9 Å². The lowest BCUT2D eigenvalue weighted by atomic mass is 9.91. The molecule has 0 unspecified atom stereocenters. The van der Waals surface area contributed by atoms with Crippen molar-refractivity contribution in [2.45, 2.75) is 32.1 Å². The van der Waals surface area contributed by atoms with Crippen LogP contribution in [0.15, 0.2) is 10.9 Å². The Kier molecular flexibility index (Phi) is 3.00. The van der Waals surface area contributed by atoms with E-state index in [0.717, 1.165) is 5.69 Å². The highest BCUT2D eigenvalue weighted by molar-refractivity contribution is 6.17. The lowest BCUT2D eigenvalue weighted by Crippen LogP contribution is -2.27. The summed E-state index contributed by atoms with van der Waals surface area (Å²) in [4.78, 5) is 11.5. The van der Waals surface area contributed by atoms with Gasteiger partial charge in [0.2, 0.25) is 0 Å². The van der Waals surface area contributed by atoms with Crippen molar-refractivity contribution in [3.05, 3.63) is 27.7 Å². The zero-order chi connectivity index (χ0) is 10.9. The number of aromatic nitrogens is 2. The van der Waals surface area contributed by atoms with Crippen molar-refractivity contribution in [1.82, 2.24) is 9.78 Å². The van der Waals surface area contributed by atoms with Crippen LogP contribution < -0.4 is 5.56 Å². The molecule has 78 valence electrons. The van der Waals surface area contributed by atoms with E-state index < -0.39 is 0 Å². The first-order valence-corrected chi connectivity index (χ1v) is 5.03. The van der Waals surface area contributed by atoms with Crippen LogP contribution in [0.1, 0.15) is 32.0 Å². The summed E-state index contributed by atoms with van der Waals surface area (Å²) < 4.78 is 1.35. The highest BCUT2D eigenvalue weighted by Crippen LogP contribution is 2.19. The first-order chi connectivity index (χ1) is 6.36. The molecule has 0 bridgehead atoms. The van der Waals surface area contributed by atoms with Crippen molar-refractivity contribution in [3.63, 3.8) is 0 Å². The van der Waals surface area contributed by atoms with Crippen molar-refractivity contribution in [3.8, 4) is 0 Å². The SMILES string of the molecule is Cn1nc(C(C)(C)C)cc(CCl)c1=O. The molecular formula is C10H15ClN2O. The summed E-state index contributed by atoms with van der Waals surface area (Å²) in [5.74, 6) is 0.234. The summed E-state index contributed by atoms with van der Waals surface area (Å²) in [5.41, 5.74) is 1.31. The average molecular weight is 215 g/mol. The van der Waals surface area contributed by atoms with Gasteiger partial charge in [0.25, 0.3) is 5.56 Å². The molecule has 0 aliphatic heterocycles. The minimum Gasteiger partial charge on any atom is -0.267 e. The molecule has 0 aliphatic rings. The second kappa shape index (κ2) is 3.73. The number of rotatable bonds is 1. The monoisotopic (exact) mass is 214 g/mol. The summed E-state index contributed by atoms with van der Waals surface area (Å²) in [6.07, 6.45) is 0. The van der Waals surface area contributed by atoms with Crippen molar-refractivity contribution < 1.29 is 0 Å². The van der Waals surface area contributed by atoms with Gasteiger partial charge in [-0.3, -0.25) is 4.79 Å². The van der Waals surface area contributed by atoms with Crippen LogP contribution in [0.3, 0.4) is 0 Å². The lowest BCUT2D eigenvalue weighted by molar-refractivity contribution is 0.528. The summed E-state index contributed by atoms with van der Waals surface area (Å²) in [6.45, 7) is 6.16. The maximum atomic E-state index is 11.5. The Balaban J connectivity index is 3.38. The van der Waals surface area contributed by atoms with Gasteiger partial charge in [-0.1, -0.05) is 20.8 Å². The zero-order valence-corrected chi connectivity index (χ0v) is 9.72. The maximum Gasteiger partial charge on any atom is 0.270 e. The largest absolute Gasteiger partial charge is 0.270 e. The predicted octanol–water partition coefficient (Wildman–Crippen LogP) is 1.82. The summed E-state index contributed by atoms with van der Waals surface area (Å²) in [6, 6.07) is 1.79. The van der Waals surface area contributed by atoms with E-state index in [1.165, 1.54) is 4.68 Å². The van der Waals surface area contributed by atoms with Gasteiger partial charge in [0, 0.05) is 18.0 Å². The van der Waals surface area contributed by atoms with E-state index in [2.05, 4.69) is 25.9 Å². The minimum atomic E-state index is -0.118. The normalized spacial score (nSPS) is 11.8. The van der Waals surface area contributed by atoms with Gasteiger partial charge in [0.15, 0.2) is 0 Å². The van der Waals surface area contributed by atoms with Gasteiger partial charge < -0.3 is 0 Å². The van der Waals surface area contributed by atoms with Crippen LogP contribution in [0.2, 0.25) is 0 Å². The minimum absolute atomic E-state index is 0.0632. The molecule has 0 aromatic carbocycles. The van der Waals surface area contributed by atoms with Crippen LogP contribution in [0, 0.1) is 0 Å². The highest BCUT2D eigenvalue weighted by Gasteiger charge is 2.18. The molecular weight excluding hydrogens is 200 g/mol. The van der Waals surface area contributed by atoms with Crippen molar-refractivity contribution >= 4 is 11.6 Å². The number of hydrogen-bond acceptors (Lipinski definition) is 2. The van der Waals surface area contributed by atoms with E-state index >= 15 is 0 Å². The van der Waals surface area contributed by atoms with Crippen LogP contribution >= 0.6 is 11.6 Å². The number of nitrogens with zero attached hydrogens (tertiary/aromatic N) is 2. The molecule has 1 rings (SSSR count). The average Bonchev–Trinajstić information content (AvgIpc) is 2.07. The van der Waals surface area contributed by atoms with E-state index in [4.69, 9.17) is 11.6 Å². The van der Waals surface area contributed by atoms with Gasteiger partial charge in [-0.05, 0) is 6.07 Å². The summed E-state index contributed by atoms with van der Waals surface area (Å²) >= 11 is 5.69. The molecule has 0 spiro atoms. The topological polar surface area (TPSA) is 34.9 Å². The number of halogens is 1. The Morgan fingerprint density at radius 2 is 2.07 bits per heavy atom. The Hall–Kier alpha value is -0.830. The molecule has 0 N–H and O–H groups in total. The molecule has 1 aromatic heterocycles. The van der Waals surface area contributed by atoms with Crippen LogP contribution in [-0.2, 0) is 18.3 Å². The van der Waals surface area contributed by atoms with Crippen LogP contribution in [0.5, 0.6) is 0 Å². The first kappa shape index (κ1) is 11.2. The van der Waals surface area contributed by atoms with E-state index in [1.807, 2.05) is 0 Å². The van der Waals surface area contributed by atoms with Crippen molar-refractivity contribution in [1.29, 1.82) is 0 Å². The van der Waals surface area contributed by atoms with Gasteiger partial charge in [-0.2, -0.15) is 5.10 Å². The molecule has 0 aliphatic carbocycles. The van der Waals surface area contributed by atoms with Crippen LogP contribution in [-0.4, -0.2) is 9.78 Å². The molecule has 1 aromatic rings. The van der Waals surface area contributed by atoms with Crippen molar-refractivity contribution in [2.75, 3.05) is 0 Å². The lowest BCUT2D eigenvalue weighted by Gasteiger charge is -2.18. The predicted molar refractivity (Wildman–Crippen MR) is 57.7 cm³/mol. The molecule has 4 heteroatoms. The number of alkyl halides is 1. The molecule has 0 saturated carbocycles. The van der Waals surface area contributed by atoms with Crippen LogP contribution in [0.25, 0.3) is 0 Å². The van der Waals surface area contributed by atoms with E-state index in [1.54, 1.807) is 13.1 Å². The van der Waals surface area contributed by atoms with Gasteiger partial charge in [0.1, 0.15) is 0 Å². The quantitative estimate of drug-likeness (QED) is 0.669. The molecule has 0 fully saturated rings. The fourth-order valence-corrected chi connectivity index (χ4v) is 1.32. The Labute approximate surface area is 88.7 Å². The van der Waals surface area contributed by atoms with Gasteiger partial charge >= 0.3 is 0 Å². The molecule has 0 amide bonds.